The first-order chi connectivity index (χ1) is 7.65. The largest absolute Gasteiger partial charge is 0.367 e. The van der Waals surface area contributed by atoms with Gasteiger partial charge in [-0.05, 0) is 26.7 Å². The molecule has 1 rings (SSSR count). The summed E-state index contributed by atoms with van der Waals surface area (Å²) in [5.41, 5.74) is 0. The summed E-state index contributed by atoms with van der Waals surface area (Å²) in [7, 11) is 0. The highest BCUT2D eigenvalue weighted by Gasteiger charge is 2.03. The van der Waals surface area contributed by atoms with Crippen LogP contribution in [0.5, 0.6) is 0 Å². The minimum atomic E-state index is 0.436. The van der Waals surface area contributed by atoms with Crippen molar-refractivity contribution in [3.8, 4) is 0 Å². The molecule has 0 aliphatic carbocycles. The van der Waals surface area contributed by atoms with Gasteiger partial charge in [-0.25, -0.2) is 9.97 Å². The van der Waals surface area contributed by atoms with Crippen molar-refractivity contribution in [2.45, 2.75) is 52.6 Å². The van der Waals surface area contributed by atoms with Gasteiger partial charge >= 0.3 is 0 Å². The van der Waals surface area contributed by atoms with E-state index in [1.807, 2.05) is 6.07 Å². The maximum absolute atomic E-state index is 4.20. The Labute approximate surface area is 97.9 Å². The van der Waals surface area contributed by atoms with Crippen molar-refractivity contribution in [1.82, 2.24) is 9.97 Å². The van der Waals surface area contributed by atoms with Crippen molar-refractivity contribution in [2.75, 3.05) is 10.6 Å². The van der Waals surface area contributed by atoms with Gasteiger partial charge in [0, 0.05) is 18.2 Å². The van der Waals surface area contributed by atoms with Gasteiger partial charge in [0.2, 0.25) is 0 Å². The Bertz CT molecular complexity index is 286. The molecule has 90 valence electrons. The van der Waals surface area contributed by atoms with Crippen LogP contribution in [0.25, 0.3) is 0 Å². The molecular formula is C12H22N4. The highest BCUT2D eigenvalue weighted by atomic mass is 15.1. The molecule has 0 radical (unpaired) electrons. The smallest absolute Gasteiger partial charge is 0.131 e. The Morgan fingerprint density at radius 2 is 1.44 bits per heavy atom. The third kappa shape index (κ3) is 4.04. The van der Waals surface area contributed by atoms with Gasteiger partial charge < -0.3 is 10.6 Å². The summed E-state index contributed by atoms with van der Waals surface area (Å²) in [4.78, 5) is 8.40. The van der Waals surface area contributed by atoms with E-state index in [0.29, 0.717) is 12.1 Å². The number of anilines is 2. The number of nitrogens with zero attached hydrogens (tertiary/aromatic N) is 2. The van der Waals surface area contributed by atoms with Crippen molar-refractivity contribution in [3.63, 3.8) is 0 Å². The van der Waals surface area contributed by atoms with Crippen molar-refractivity contribution < 1.29 is 0 Å². The van der Waals surface area contributed by atoms with Crippen LogP contribution in [0, 0.1) is 0 Å². The predicted octanol–water partition coefficient (Wildman–Crippen LogP) is 2.90. The summed E-state index contributed by atoms with van der Waals surface area (Å²) in [5, 5.41) is 6.66. The quantitative estimate of drug-likeness (QED) is 0.777. The number of nitrogens with one attached hydrogen (secondary N) is 2. The molecule has 0 saturated heterocycles. The molecule has 2 atom stereocenters. The second-order valence-electron chi connectivity index (χ2n) is 4.20. The molecule has 2 unspecified atom stereocenters. The molecule has 0 fully saturated rings. The van der Waals surface area contributed by atoms with E-state index in [1.54, 1.807) is 6.33 Å². The van der Waals surface area contributed by atoms with Crippen LogP contribution in [-0.2, 0) is 0 Å². The minimum Gasteiger partial charge on any atom is -0.367 e. The minimum absolute atomic E-state index is 0.436. The predicted molar refractivity (Wildman–Crippen MR) is 68.8 cm³/mol. The van der Waals surface area contributed by atoms with E-state index in [-0.39, 0.29) is 0 Å². The van der Waals surface area contributed by atoms with Gasteiger partial charge in [0.05, 0.1) is 0 Å². The lowest BCUT2D eigenvalue weighted by Crippen LogP contribution is -2.17. The molecule has 1 aromatic rings. The van der Waals surface area contributed by atoms with E-state index in [4.69, 9.17) is 0 Å². The molecule has 0 saturated carbocycles. The lowest BCUT2D eigenvalue weighted by atomic mass is 10.2. The second kappa shape index (κ2) is 6.30. The highest BCUT2D eigenvalue weighted by Crippen LogP contribution is 2.12. The first kappa shape index (κ1) is 12.7. The van der Waals surface area contributed by atoms with Crippen LogP contribution < -0.4 is 10.6 Å². The third-order valence-corrected chi connectivity index (χ3v) is 2.68. The van der Waals surface area contributed by atoms with E-state index in [0.717, 1.165) is 24.5 Å². The second-order valence-corrected chi connectivity index (χ2v) is 4.20. The van der Waals surface area contributed by atoms with Crippen LogP contribution in [0.4, 0.5) is 11.6 Å². The van der Waals surface area contributed by atoms with E-state index in [2.05, 4.69) is 48.3 Å². The average Bonchev–Trinajstić information content (AvgIpc) is 2.29. The maximum Gasteiger partial charge on any atom is 0.131 e. The normalized spacial score (nSPS) is 14.2. The molecule has 0 amide bonds. The summed E-state index contributed by atoms with van der Waals surface area (Å²) >= 11 is 0. The van der Waals surface area contributed by atoms with Gasteiger partial charge in [0.1, 0.15) is 18.0 Å². The van der Waals surface area contributed by atoms with Crippen LogP contribution in [0.2, 0.25) is 0 Å². The lowest BCUT2D eigenvalue weighted by molar-refractivity contribution is 0.751. The molecular weight excluding hydrogens is 200 g/mol. The van der Waals surface area contributed by atoms with Crippen molar-refractivity contribution >= 4 is 11.6 Å². The Morgan fingerprint density at radius 3 is 1.81 bits per heavy atom. The van der Waals surface area contributed by atoms with Crippen LogP contribution in [-0.4, -0.2) is 22.1 Å². The zero-order valence-electron chi connectivity index (χ0n) is 10.6. The highest BCUT2D eigenvalue weighted by molar-refractivity contribution is 5.47. The van der Waals surface area contributed by atoms with Crippen molar-refractivity contribution in [3.05, 3.63) is 12.4 Å². The SMILES string of the molecule is CCC(C)Nc1cc(NC(C)CC)ncn1. The van der Waals surface area contributed by atoms with Crippen LogP contribution in [0.15, 0.2) is 12.4 Å². The Morgan fingerprint density at radius 1 is 1.00 bits per heavy atom. The van der Waals surface area contributed by atoms with Gasteiger partial charge in [-0.3, -0.25) is 0 Å². The molecule has 1 aromatic heterocycles. The molecule has 4 heteroatoms. The van der Waals surface area contributed by atoms with E-state index < -0.39 is 0 Å². The van der Waals surface area contributed by atoms with Gasteiger partial charge in [-0.2, -0.15) is 0 Å². The first-order valence-electron chi connectivity index (χ1n) is 6.00. The molecule has 0 aliphatic rings. The molecule has 0 bridgehead atoms. The molecule has 0 aromatic carbocycles. The summed E-state index contributed by atoms with van der Waals surface area (Å²) in [6.07, 6.45) is 3.76. The Hall–Kier alpha value is -1.32. The first-order valence-corrected chi connectivity index (χ1v) is 6.00. The number of rotatable bonds is 6. The number of hydrogen-bond acceptors (Lipinski definition) is 4. The molecule has 0 spiro atoms. The third-order valence-electron chi connectivity index (χ3n) is 2.68. The lowest BCUT2D eigenvalue weighted by Gasteiger charge is -2.15. The summed E-state index contributed by atoms with van der Waals surface area (Å²) in [6, 6.07) is 2.83. The molecule has 16 heavy (non-hydrogen) atoms. The van der Waals surface area contributed by atoms with E-state index >= 15 is 0 Å². The fourth-order valence-electron chi connectivity index (χ4n) is 1.22. The molecule has 4 nitrogen and oxygen atoms in total. The maximum atomic E-state index is 4.20. The van der Waals surface area contributed by atoms with Crippen LogP contribution >= 0.6 is 0 Å². The molecule has 2 N–H and O–H groups in total. The molecule has 1 heterocycles. The monoisotopic (exact) mass is 222 g/mol. The van der Waals surface area contributed by atoms with Gasteiger partial charge in [0.25, 0.3) is 0 Å². The molecule has 0 aliphatic heterocycles. The Kier molecular flexibility index (Phi) is 5.02. The fraction of sp³-hybridized carbons (Fsp3) is 0.667. The number of hydrogen-bond donors (Lipinski definition) is 2. The van der Waals surface area contributed by atoms with Gasteiger partial charge in [0.15, 0.2) is 0 Å². The van der Waals surface area contributed by atoms with E-state index in [1.165, 1.54) is 0 Å². The average molecular weight is 222 g/mol. The van der Waals surface area contributed by atoms with Crippen molar-refractivity contribution in [2.24, 2.45) is 0 Å². The topological polar surface area (TPSA) is 49.8 Å². The van der Waals surface area contributed by atoms with Gasteiger partial charge in [-0.1, -0.05) is 13.8 Å². The summed E-state index contributed by atoms with van der Waals surface area (Å²) in [5.74, 6) is 1.77. The summed E-state index contributed by atoms with van der Waals surface area (Å²) < 4.78 is 0. The van der Waals surface area contributed by atoms with Crippen LogP contribution in [0.3, 0.4) is 0 Å². The van der Waals surface area contributed by atoms with Gasteiger partial charge in [-0.15, -0.1) is 0 Å². The zero-order valence-corrected chi connectivity index (χ0v) is 10.6. The van der Waals surface area contributed by atoms with E-state index in [9.17, 15) is 0 Å². The number of aromatic nitrogens is 2. The van der Waals surface area contributed by atoms with Crippen LogP contribution in [0.1, 0.15) is 40.5 Å². The zero-order chi connectivity index (χ0) is 12.0. The standard InChI is InChI=1S/C12H22N4/c1-5-9(3)15-11-7-12(14-8-13-11)16-10(4)6-2/h7-10H,5-6H2,1-4H3,(H2,13,14,15,16). The fourth-order valence-corrected chi connectivity index (χ4v) is 1.22. The Balaban J connectivity index is 2.63. The summed E-state index contributed by atoms with van der Waals surface area (Å²) in [6.45, 7) is 8.59. The van der Waals surface area contributed by atoms with Crippen molar-refractivity contribution in [1.29, 1.82) is 0 Å².